The van der Waals surface area contributed by atoms with Crippen molar-refractivity contribution >= 4 is 29.1 Å². The Morgan fingerprint density at radius 3 is 2.33 bits per heavy atom. The van der Waals surface area contributed by atoms with Crippen LogP contribution in [0.25, 0.3) is 0 Å². The third-order valence-corrected chi connectivity index (χ3v) is 6.97. The van der Waals surface area contributed by atoms with Crippen LogP contribution >= 0.6 is 23.2 Å². The van der Waals surface area contributed by atoms with Crippen molar-refractivity contribution in [2.24, 2.45) is 11.8 Å². The van der Waals surface area contributed by atoms with E-state index in [1.54, 1.807) is 0 Å². The summed E-state index contributed by atoms with van der Waals surface area (Å²) in [6, 6.07) is 6.20. The molecule has 27 heavy (non-hydrogen) atoms. The van der Waals surface area contributed by atoms with E-state index in [-0.39, 0.29) is 11.9 Å². The van der Waals surface area contributed by atoms with Gasteiger partial charge in [-0.2, -0.15) is 0 Å². The highest BCUT2D eigenvalue weighted by Crippen LogP contribution is 2.47. The first kappa shape index (κ1) is 19.5. The normalized spacial score (nSPS) is 22.1. The van der Waals surface area contributed by atoms with Crippen LogP contribution in [0.5, 0.6) is 0 Å². The summed E-state index contributed by atoms with van der Waals surface area (Å²) >= 11 is 12.4. The number of nitrogens with zero attached hydrogens (tertiary/aromatic N) is 2. The molecule has 2 saturated carbocycles. The van der Waals surface area contributed by atoms with Gasteiger partial charge in [-0.25, -0.2) is 0 Å². The Labute approximate surface area is 171 Å². The van der Waals surface area contributed by atoms with Crippen molar-refractivity contribution in [1.82, 2.24) is 9.80 Å². The molecule has 1 aromatic rings. The van der Waals surface area contributed by atoms with Gasteiger partial charge in [0.1, 0.15) is 0 Å². The number of hydrogen-bond donors (Lipinski definition) is 0. The fraction of sp³-hybridized carbons (Fsp3) is 0.667. The quantitative estimate of drug-likeness (QED) is 0.667. The number of carbonyl (C=O) groups excluding carboxylic acids is 1. The maximum atomic E-state index is 13.2. The van der Waals surface area contributed by atoms with Crippen LogP contribution in [0, 0.1) is 11.8 Å². The van der Waals surface area contributed by atoms with E-state index in [1.807, 2.05) is 25.2 Å². The van der Waals surface area contributed by atoms with Gasteiger partial charge in [0.15, 0.2) is 0 Å². The number of ether oxygens (including phenoxy) is 1. The summed E-state index contributed by atoms with van der Waals surface area (Å²) in [5, 5.41) is 1.09. The lowest BCUT2D eigenvalue weighted by molar-refractivity contribution is -0.134. The van der Waals surface area contributed by atoms with E-state index in [2.05, 4.69) is 9.80 Å². The number of amides is 1. The van der Waals surface area contributed by atoms with Crippen molar-refractivity contribution in [3.63, 3.8) is 0 Å². The third kappa shape index (κ3) is 4.61. The van der Waals surface area contributed by atoms with Crippen molar-refractivity contribution < 1.29 is 9.53 Å². The van der Waals surface area contributed by atoms with E-state index >= 15 is 0 Å². The highest BCUT2D eigenvalue weighted by molar-refractivity contribution is 6.42. The fourth-order valence-electron chi connectivity index (χ4n) is 4.44. The predicted molar refractivity (Wildman–Crippen MR) is 108 cm³/mol. The molecule has 1 heterocycles. The second-order valence-electron chi connectivity index (χ2n) is 8.21. The summed E-state index contributed by atoms with van der Waals surface area (Å²) in [7, 11) is 2.01. The first-order chi connectivity index (χ1) is 13.0. The van der Waals surface area contributed by atoms with Crippen LogP contribution in [0.3, 0.4) is 0 Å². The largest absolute Gasteiger partial charge is 0.379 e. The van der Waals surface area contributed by atoms with Crippen molar-refractivity contribution in [3.05, 3.63) is 33.8 Å². The fourth-order valence-corrected chi connectivity index (χ4v) is 4.74. The minimum atomic E-state index is 0.0117. The van der Waals surface area contributed by atoms with E-state index in [4.69, 9.17) is 27.9 Å². The second-order valence-corrected chi connectivity index (χ2v) is 9.03. The standard InChI is InChI=1S/C21H28Cl2N2O2/c1-24(21(14-2-3-14)15-4-5-15)20(26)13-19(25-8-10-27-11-9-25)16-6-7-17(22)18(23)12-16/h6-7,12,14-15,19,21H,2-5,8-11,13H2,1H3. The minimum absolute atomic E-state index is 0.0117. The lowest BCUT2D eigenvalue weighted by Gasteiger charge is -2.36. The summed E-state index contributed by atoms with van der Waals surface area (Å²) in [5.41, 5.74) is 1.06. The molecule has 1 unspecified atom stereocenters. The molecular formula is C21H28Cl2N2O2. The maximum absolute atomic E-state index is 13.2. The van der Waals surface area contributed by atoms with Crippen LogP contribution in [0.1, 0.15) is 43.7 Å². The van der Waals surface area contributed by atoms with Crippen LogP contribution in [0.4, 0.5) is 0 Å². The monoisotopic (exact) mass is 410 g/mol. The predicted octanol–water partition coefficient (Wildman–Crippen LogP) is 4.40. The summed E-state index contributed by atoms with van der Waals surface area (Å²) in [4.78, 5) is 17.6. The first-order valence-corrected chi connectivity index (χ1v) is 10.8. The Balaban J connectivity index is 1.52. The third-order valence-electron chi connectivity index (χ3n) is 6.23. The first-order valence-electron chi connectivity index (χ1n) is 10.1. The molecule has 1 aromatic carbocycles. The zero-order valence-electron chi connectivity index (χ0n) is 15.9. The number of hydrogen-bond acceptors (Lipinski definition) is 3. The molecule has 0 spiro atoms. The van der Waals surface area contributed by atoms with Crippen molar-refractivity contribution in [3.8, 4) is 0 Å². The molecule has 1 atom stereocenters. The van der Waals surface area contributed by atoms with E-state index < -0.39 is 0 Å². The number of carbonyl (C=O) groups is 1. The number of halogens is 2. The Morgan fingerprint density at radius 2 is 1.78 bits per heavy atom. The van der Waals surface area contributed by atoms with Gasteiger partial charge in [-0.1, -0.05) is 29.3 Å². The van der Waals surface area contributed by atoms with Crippen molar-refractivity contribution in [1.29, 1.82) is 0 Å². The van der Waals surface area contributed by atoms with Crippen LogP contribution < -0.4 is 0 Å². The zero-order chi connectivity index (χ0) is 19.0. The molecule has 1 aliphatic heterocycles. The molecule has 0 radical (unpaired) electrons. The van der Waals surface area contributed by atoms with E-state index in [9.17, 15) is 4.79 Å². The lowest BCUT2D eigenvalue weighted by Crippen LogP contribution is -2.44. The van der Waals surface area contributed by atoms with Crippen molar-refractivity contribution in [2.75, 3.05) is 33.4 Å². The van der Waals surface area contributed by atoms with Crippen molar-refractivity contribution in [2.45, 2.75) is 44.2 Å². The zero-order valence-corrected chi connectivity index (χ0v) is 17.4. The highest BCUT2D eigenvalue weighted by Gasteiger charge is 2.45. The summed E-state index contributed by atoms with van der Waals surface area (Å²) in [6.07, 6.45) is 5.58. The van der Waals surface area contributed by atoms with Crippen LogP contribution in [-0.4, -0.2) is 55.1 Å². The molecular weight excluding hydrogens is 383 g/mol. The van der Waals surface area contributed by atoms with Gasteiger partial charge in [0.2, 0.25) is 5.91 Å². The Hall–Kier alpha value is -0.810. The molecule has 148 valence electrons. The van der Waals surface area contributed by atoms with Gasteiger partial charge in [0.25, 0.3) is 0 Å². The molecule has 0 bridgehead atoms. The molecule has 4 nitrogen and oxygen atoms in total. The molecule has 0 aromatic heterocycles. The number of benzene rings is 1. The molecule has 3 fully saturated rings. The maximum Gasteiger partial charge on any atom is 0.224 e. The summed E-state index contributed by atoms with van der Waals surface area (Å²) < 4.78 is 5.51. The number of rotatable bonds is 7. The van der Waals surface area contributed by atoms with Gasteiger partial charge >= 0.3 is 0 Å². The van der Waals surface area contributed by atoms with Gasteiger partial charge in [-0.3, -0.25) is 9.69 Å². The number of morpholine rings is 1. The Bertz CT molecular complexity index is 673. The Kier molecular flexibility index (Phi) is 5.98. The molecule has 0 N–H and O–H groups in total. The average molecular weight is 411 g/mol. The van der Waals surface area contributed by atoms with Gasteiger partial charge < -0.3 is 9.64 Å². The van der Waals surface area contributed by atoms with E-state index in [1.165, 1.54) is 25.7 Å². The van der Waals surface area contributed by atoms with Gasteiger partial charge in [-0.05, 0) is 55.2 Å². The second kappa shape index (κ2) is 8.28. The van der Waals surface area contributed by atoms with Gasteiger partial charge in [-0.15, -0.1) is 0 Å². The van der Waals surface area contributed by atoms with E-state index in [0.717, 1.165) is 30.5 Å². The summed E-state index contributed by atoms with van der Waals surface area (Å²) in [5.74, 6) is 1.68. The SMILES string of the molecule is CN(C(=O)CC(c1ccc(Cl)c(Cl)c1)N1CCOCC1)C(C1CC1)C1CC1. The Morgan fingerprint density at radius 1 is 1.15 bits per heavy atom. The van der Waals surface area contributed by atoms with Crippen LogP contribution in [0.15, 0.2) is 18.2 Å². The molecule has 3 aliphatic rings. The van der Waals surface area contributed by atoms with Crippen LogP contribution in [-0.2, 0) is 9.53 Å². The van der Waals surface area contributed by atoms with Crippen LogP contribution in [0.2, 0.25) is 10.0 Å². The lowest BCUT2D eigenvalue weighted by atomic mass is 9.99. The topological polar surface area (TPSA) is 32.8 Å². The molecule has 1 saturated heterocycles. The average Bonchev–Trinajstić information content (AvgIpc) is 3.58. The molecule has 1 amide bonds. The molecule has 6 heteroatoms. The van der Waals surface area contributed by atoms with Gasteiger partial charge in [0.05, 0.1) is 23.3 Å². The molecule has 2 aliphatic carbocycles. The van der Waals surface area contributed by atoms with E-state index in [0.29, 0.717) is 35.7 Å². The minimum Gasteiger partial charge on any atom is -0.379 e. The van der Waals surface area contributed by atoms with Gasteiger partial charge in [0, 0.05) is 38.6 Å². The highest BCUT2D eigenvalue weighted by atomic mass is 35.5. The smallest absolute Gasteiger partial charge is 0.224 e. The summed E-state index contributed by atoms with van der Waals surface area (Å²) in [6.45, 7) is 3.07. The molecule has 4 rings (SSSR count).